The predicted molar refractivity (Wildman–Crippen MR) is 114 cm³/mol. The van der Waals surface area contributed by atoms with E-state index < -0.39 is 28.1 Å². The van der Waals surface area contributed by atoms with Gasteiger partial charge in [0.15, 0.2) is 9.84 Å². The summed E-state index contributed by atoms with van der Waals surface area (Å²) in [6, 6.07) is 6.35. The number of hydrogen-bond acceptors (Lipinski definition) is 6. The molecule has 2 unspecified atom stereocenters. The lowest BCUT2D eigenvalue weighted by Gasteiger charge is -2.21. The molecule has 1 amide bonds. The van der Waals surface area contributed by atoms with Gasteiger partial charge in [0, 0.05) is 0 Å². The minimum atomic E-state index is -3.32. The Morgan fingerprint density at radius 1 is 1.23 bits per heavy atom. The van der Waals surface area contributed by atoms with E-state index in [1.54, 1.807) is 23.4 Å². The maximum Gasteiger partial charge on any atom is 0.232 e. The molecule has 2 aliphatic carbocycles. The lowest BCUT2D eigenvalue weighted by molar-refractivity contribution is -0.122. The second-order valence-electron chi connectivity index (χ2n) is 8.33. The number of amides is 1. The number of benzene rings is 1. The van der Waals surface area contributed by atoms with Crippen molar-refractivity contribution in [2.75, 3.05) is 13.0 Å². The zero-order valence-electron chi connectivity index (χ0n) is 17.2. The summed E-state index contributed by atoms with van der Waals surface area (Å²) in [5, 5.41) is 4.76. The van der Waals surface area contributed by atoms with Gasteiger partial charge in [0.2, 0.25) is 5.91 Å². The summed E-state index contributed by atoms with van der Waals surface area (Å²) < 4.78 is 52.4. The van der Waals surface area contributed by atoms with Crippen LogP contribution in [0, 0.1) is 5.92 Å². The highest BCUT2D eigenvalue weighted by Crippen LogP contribution is 2.39. The van der Waals surface area contributed by atoms with Gasteiger partial charge in [-0.25, -0.2) is 22.3 Å². The maximum absolute atomic E-state index is 13.7. The highest BCUT2D eigenvalue weighted by molar-refractivity contribution is 8.03. The average molecular weight is 473 g/mol. The summed E-state index contributed by atoms with van der Waals surface area (Å²) in [7, 11) is -1.79. The van der Waals surface area contributed by atoms with Crippen molar-refractivity contribution in [1.82, 2.24) is 10.4 Å². The molecule has 1 aromatic rings. The van der Waals surface area contributed by atoms with Gasteiger partial charge in [0.25, 0.3) is 0 Å². The summed E-state index contributed by atoms with van der Waals surface area (Å²) in [4.78, 5) is 18.5. The fraction of sp³-hybridized carbons (Fsp3) is 0.571. The first kappa shape index (κ1) is 22.5. The first-order valence-corrected chi connectivity index (χ1v) is 12.9. The molecule has 31 heavy (non-hydrogen) atoms. The molecular weight excluding hydrogens is 446 g/mol. The number of thioether (sulfide) groups is 1. The van der Waals surface area contributed by atoms with E-state index >= 15 is 0 Å². The van der Waals surface area contributed by atoms with Gasteiger partial charge in [0.1, 0.15) is 12.3 Å². The van der Waals surface area contributed by atoms with Crippen molar-refractivity contribution in [3.05, 3.63) is 41.1 Å². The summed E-state index contributed by atoms with van der Waals surface area (Å²) in [6.07, 6.45) is 0.518. The molecule has 1 N–H and O–H groups in total. The number of nitrogens with zero attached hydrogens (tertiary/aromatic N) is 1. The molecule has 3 atom stereocenters. The molecule has 3 aliphatic rings. The van der Waals surface area contributed by atoms with Crippen molar-refractivity contribution in [3.8, 4) is 0 Å². The van der Waals surface area contributed by atoms with E-state index in [9.17, 15) is 22.0 Å². The SMILES string of the molecule is CON1C=C(NC(=O)[C@H](CC2CC(F)C(F)C2)c2ccc(S(=O)(=O)C3CC3)cc2)SC1. The van der Waals surface area contributed by atoms with Gasteiger partial charge in [-0.2, -0.15) is 0 Å². The number of hydroxylamine groups is 2. The summed E-state index contributed by atoms with van der Waals surface area (Å²) in [6.45, 7) is 0. The van der Waals surface area contributed by atoms with Crippen molar-refractivity contribution in [1.29, 1.82) is 0 Å². The second kappa shape index (κ2) is 9.07. The normalized spacial score (nSPS) is 27.3. The third kappa shape index (κ3) is 5.06. The Morgan fingerprint density at radius 3 is 2.42 bits per heavy atom. The van der Waals surface area contributed by atoms with Crippen LogP contribution in [0.15, 0.2) is 40.4 Å². The highest BCUT2D eigenvalue weighted by Gasteiger charge is 2.39. The van der Waals surface area contributed by atoms with Gasteiger partial charge in [-0.15, -0.1) is 0 Å². The topological polar surface area (TPSA) is 75.7 Å². The Kier molecular flexibility index (Phi) is 6.60. The van der Waals surface area contributed by atoms with Crippen LogP contribution in [0.25, 0.3) is 0 Å². The van der Waals surface area contributed by atoms with E-state index in [0.717, 1.165) is 0 Å². The van der Waals surface area contributed by atoms with Gasteiger partial charge in [0.05, 0.1) is 40.3 Å². The lowest BCUT2D eigenvalue weighted by Crippen LogP contribution is -2.29. The third-order valence-corrected chi connectivity index (χ3v) is 9.24. The molecule has 1 aliphatic heterocycles. The fourth-order valence-corrected chi connectivity index (χ4v) is 6.60. The number of hydrogen-bond donors (Lipinski definition) is 1. The standard InChI is InChI=1S/C21H26F2N2O4S2/c1-29-25-11-20(30-12-25)24-21(26)17(8-13-9-18(22)19(23)10-13)14-2-4-15(5-3-14)31(27,28)16-6-7-16/h2-5,11,13,16-19H,6-10,12H2,1H3,(H,24,26)/t13?,17-,18?,19?/m1/s1. The van der Waals surface area contributed by atoms with Crippen molar-refractivity contribution in [2.24, 2.45) is 5.92 Å². The predicted octanol–water partition coefficient (Wildman–Crippen LogP) is 3.67. The summed E-state index contributed by atoms with van der Waals surface area (Å²) in [5.41, 5.74) is 0.636. The van der Waals surface area contributed by atoms with E-state index in [1.165, 1.54) is 31.0 Å². The third-order valence-electron chi connectivity index (χ3n) is 6.06. The van der Waals surface area contributed by atoms with Crippen molar-refractivity contribution < 1.29 is 26.8 Å². The molecule has 0 radical (unpaired) electrons. The van der Waals surface area contributed by atoms with Crippen LogP contribution >= 0.6 is 11.8 Å². The summed E-state index contributed by atoms with van der Waals surface area (Å²) in [5.74, 6) is -0.637. The molecule has 170 valence electrons. The maximum atomic E-state index is 13.7. The first-order valence-electron chi connectivity index (χ1n) is 10.4. The van der Waals surface area contributed by atoms with Gasteiger partial charge in [-0.05, 0) is 55.7 Å². The number of alkyl halides is 2. The molecule has 0 bridgehead atoms. The Labute approximate surface area is 185 Å². The number of carbonyl (C=O) groups is 1. The molecule has 10 heteroatoms. The highest BCUT2D eigenvalue weighted by atomic mass is 32.2. The summed E-state index contributed by atoms with van der Waals surface area (Å²) >= 11 is 1.41. The number of sulfone groups is 1. The Morgan fingerprint density at radius 2 is 1.87 bits per heavy atom. The van der Waals surface area contributed by atoms with E-state index in [-0.39, 0.29) is 34.8 Å². The Balaban J connectivity index is 1.53. The van der Waals surface area contributed by atoms with E-state index in [2.05, 4.69) is 5.32 Å². The van der Waals surface area contributed by atoms with Gasteiger partial charge < -0.3 is 5.32 Å². The van der Waals surface area contributed by atoms with E-state index in [0.29, 0.717) is 35.7 Å². The van der Waals surface area contributed by atoms with Crippen molar-refractivity contribution in [3.63, 3.8) is 0 Å². The van der Waals surface area contributed by atoms with Crippen LogP contribution < -0.4 is 5.32 Å². The minimum absolute atomic E-state index is 0.0913. The quantitative estimate of drug-likeness (QED) is 0.622. The minimum Gasteiger partial charge on any atom is -0.319 e. The molecule has 0 spiro atoms. The van der Waals surface area contributed by atoms with E-state index in [1.807, 2.05) is 0 Å². The van der Waals surface area contributed by atoms with Crippen molar-refractivity contribution >= 4 is 27.5 Å². The molecule has 2 fully saturated rings. The molecular formula is C21H26F2N2O4S2. The zero-order valence-corrected chi connectivity index (χ0v) is 18.8. The molecule has 6 nitrogen and oxygen atoms in total. The van der Waals surface area contributed by atoms with Crippen LogP contribution in [0.2, 0.25) is 0 Å². The molecule has 2 saturated carbocycles. The van der Waals surface area contributed by atoms with Crippen LogP contribution in [0.1, 0.15) is 43.6 Å². The lowest BCUT2D eigenvalue weighted by atomic mass is 9.87. The molecule has 0 aromatic heterocycles. The van der Waals surface area contributed by atoms with Crippen LogP contribution in [-0.2, 0) is 19.5 Å². The van der Waals surface area contributed by atoms with Gasteiger partial charge >= 0.3 is 0 Å². The number of rotatable bonds is 8. The number of nitrogens with one attached hydrogen (secondary N) is 1. The molecule has 1 aromatic carbocycles. The van der Waals surface area contributed by atoms with E-state index in [4.69, 9.17) is 4.84 Å². The van der Waals surface area contributed by atoms with Crippen LogP contribution in [-0.4, -0.2) is 50.0 Å². The smallest absolute Gasteiger partial charge is 0.232 e. The average Bonchev–Trinajstić information content (AvgIpc) is 3.45. The Hall–Kier alpha value is -1.65. The fourth-order valence-electron chi connectivity index (χ4n) is 4.13. The van der Waals surface area contributed by atoms with Crippen molar-refractivity contribution in [2.45, 2.75) is 60.5 Å². The molecule has 4 rings (SSSR count). The number of halogens is 2. The Bertz CT molecular complexity index is 941. The number of carbonyl (C=O) groups excluding carboxylic acids is 1. The van der Waals surface area contributed by atoms with Crippen LogP contribution in [0.3, 0.4) is 0 Å². The largest absolute Gasteiger partial charge is 0.319 e. The monoisotopic (exact) mass is 472 g/mol. The molecule has 0 saturated heterocycles. The van der Waals surface area contributed by atoms with Crippen LogP contribution in [0.5, 0.6) is 0 Å². The van der Waals surface area contributed by atoms with Gasteiger partial charge in [-0.1, -0.05) is 23.9 Å². The first-order chi connectivity index (χ1) is 14.8. The molecule has 1 heterocycles. The van der Waals surface area contributed by atoms with Crippen LogP contribution in [0.4, 0.5) is 8.78 Å². The van der Waals surface area contributed by atoms with Gasteiger partial charge in [-0.3, -0.25) is 9.63 Å². The zero-order chi connectivity index (χ0) is 22.2. The second-order valence-corrected chi connectivity index (χ2v) is 11.5.